The zero-order valence-electron chi connectivity index (χ0n) is 11.6. The van der Waals surface area contributed by atoms with Crippen LogP contribution in [0.15, 0.2) is 58.1 Å². The topological polar surface area (TPSA) is 50.7 Å². The molecular weight excluding hydrogens is 344 g/mol. The van der Waals surface area contributed by atoms with Gasteiger partial charge in [0.2, 0.25) is 0 Å². The second-order valence-corrected chi connectivity index (χ2v) is 5.15. The summed E-state index contributed by atoms with van der Waals surface area (Å²) in [5, 5.41) is 3.94. The highest BCUT2D eigenvalue weighted by Crippen LogP contribution is 2.15. The number of nitrogens with zero attached hydrogens (tertiary/aromatic N) is 1. The zero-order chi connectivity index (χ0) is 15.8. The maximum Gasteiger partial charge on any atom is 0.271 e. The lowest BCUT2D eigenvalue weighted by molar-refractivity contribution is 0.0955. The molecule has 2 aromatic carbocycles. The summed E-state index contributed by atoms with van der Waals surface area (Å²) in [5.41, 5.74) is 3.73. The van der Waals surface area contributed by atoms with Gasteiger partial charge in [0.05, 0.1) is 6.21 Å². The van der Waals surface area contributed by atoms with E-state index < -0.39 is 0 Å². The fourth-order valence-electron chi connectivity index (χ4n) is 1.66. The van der Waals surface area contributed by atoms with Crippen LogP contribution >= 0.6 is 15.9 Å². The molecule has 2 rings (SSSR count). The maximum absolute atomic E-state index is 11.9. The molecule has 110 valence electrons. The van der Waals surface area contributed by atoms with Gasteiger partial charge in [0.1, 0.15) is 12.4 Å². The third-order valence-electron chi connectivity index (χ3n) is 2.71. The Bertz CT molecular complexity index is 718. The number of hydrazone groups is 1. The highest BCUT2D eigenvalue weighted by molar-refractivity contribution is 9.10. The van der Waals surface area contributed by atoms with E-state index in [1.54, 1.807) is 30.3 Å². The normalized spacial score (nSPS) is 10.2. The second kappa shape index (κ2) is 8.01. The molecule has 1 N–H and O–H groups in total. The van der Waals surface area contributed by atoms with E-state index in [-0.39, 0.29) is 12.5 Å². The molecule has 0 bridgehead atoms. The molecule has 0 atom stereocenters. The van der Waals surface area contributed by atoms with E-state index >= 15 is 0 Å². The Hall–Kier alpha value is -2.58. The molecule has 0 aliphatic carbocycles. The van der Waals surface area contributed by atoms with Crippen molar-refractivity contribution in [3.05, 3.63) is 64.1 Å². The number of hydrogen-bond donors (Lipinski definition) is 1. The van der Waals surface area contributed by atoms with Gasteiger partial charge in [-0.15, -0.1) is 6.42 Å². The van der Waals surface area contributed by atoms with Crippen molar-refractivity contribution in [3.8, 4) is 18.1 Å². The molecule has 0 saturated carbocycles. The van der Waals surface area contributed by atoms with Crippen LogP contribution in [0.3, 0.4) is 0 Å². The first-order valence-electron chi connectivity index (χ1n) is 6.45. The summed E-state index contributed by atoms with van der Waals surface area (Å²) in [6, 6.07) is 14.3. The number of nitrogens with one attached hydrogen (secondary N) is 1. The summed E-state index contributed by atoms with van der Waals surface area (Å²) in [7, 11) is 0. The smallest absolute Gasteiger partial charge is 0.271 e. The van der Waals surface area contributed by atoms with Gasteiger partial charge < -0.3 is 4.74 Å². The molecule has 0 radical (unpaired) electrons. The minimum atomic E-state index is -0.286. The molecule has 1 amide bonds. The van der Waals surface area contributed by atoms with E-state index in [9.17, 15) is 4.79 Å². The molecule has 0 spiro atoms. The predicted molar refractivity (Wildman–Crippen MR) is 90.0 cm³/mol. The zero-order valence-corrected chi connectivity index (χ0v) is 13.2. The van der Waals surface area contributed by atoms with Crippen molar-refractivity contribution in [2.75, 3.05) is 6.61 Å². The van der Waals surface area contributed by atoms with E-state index in [1.807, 2.05) is 18.2 Å². The molecule has 0 saturated heterocycles. The number of hydrogen-bond acceptors (Lipinski definition) is 3. The Labute approximate surface area is 137 Å². The first-order valence-corrected chi connectivity index (χ1v) is 7.24. The predicted octanol–water partition coefficient (Wildman–Crippen LogP) is 3.23. The summed E-state index contributed by atoms with van der Waals surface area (Å²) >= 11 is 3.32. The van der Waals surface area contributed by atoms with E-state index in [4.69, 9.17) is 11.2 Å². The second-order valence-electron chi connectivity index (χ2n) is 4.24. The van der Waals surface area contributed by atoms with Gasteiger partial charge in [-0.1, -0.05) is 34.0 Å². The maximum atomic E-state index is 11.9. The molecule has 2 aromatic rings. The fourth-order valence-corrected chi connectivity index (χ4v) is 1.93. The number of benzene rings is 2. The fraction of sp³-hybridized carbons (Fsp3) is 0.0588. The highest BCUT2D eigenvalue weighted by atomic mass is 79.9. The molecule has 5 heteroatoms. The van der Waals surface area contributed by atoms with Gasteiger partial charge >= 0.3 is 0 Å². The third kappa shape index (κ3) is 4.47. The van der Waals surface area contributed by atoms with E-state index in [1.165, 1.54) is 6.21 Å². The van der Waals surface area contributed by atoms with E-state index in [0.717, 1.165) is 10.0 Å². The van der Waals surface area contributed by atoms with Gasteiger partial charge in [-0.2, -0.15) is 5.10 Å². The van der Waals surface area contributed by atoms with Gasteiger partial charge in [0.25, 0.3) is 5.91 Å². The molecule has 0 aliphatic heterocycles. The van der Waals surface area contributed by atoms with Crippen molar-refractivity contribution in [1.29, 1.82) is 0 Å². The lowest BCUT2D eigenvalue weighted by atomic mass is 10.2. The summed E-state index contributed by atoms with van der Waals surface area (Å²) < 4.78 is 6.31. The number of rotatable bonds is 5. The summed E-state index contributed by atoms with van der Waals surface area (Å²) in [6.07, 6.45) is 6.69. The van der Waals surface area contributed by atoms with Crippen molar-refractivity contribution < 1.29 is 9.53 Å². The number of para-hydroxylation sites is 1. The average molecular weight is 357 g/mol. The van der Waals surface area contributed by atoms with Crippen LogP contribution in [-0.2, 0) is 0 Å². The molecule has 0 unspecified atom stereocenters. The third-order valence-corrected chi connectivity index (χ3v) is 3.23. The molecule has 0 aromatic heterocycles. The molecule has 22 heavy (non-hydrogen) atoms. The largest absolute Gasteiger partial charge is 0.480 e. The lowest BCUT2D eigenvalue weighted by Gasteiger charge is -2.05. The van der Waals surface area contributed by atoms with Crippen molar-refractivity contribution in [3.63, 3.8) is 0 Å². The lowest BCUT2D eigenvalue weighted by Crippen LogP contribution is -2.17. The quantitative estimate of drug-likeness (QED) is 0.508. The minimum Gasteiger partial charge on any atom is -0.480 e. The van der Waals surface area contributed by atoms with Crippen LogP contribution in [0, 0.1) is 12.3 Å². The molecule has 0 aliphatic rings. The van der Waals surface area contributed by atoms with Gasteiger partial charge in [-0.05, 0) is 36.4 Å². The number of terminal acetylenes is 1. The van der Waals surface area contributed by atoms with E-state index in [0.29, 0.717) is 11.3 Å². The van der Waals surface area contributed by atoms with Crippen LogP contribution in [0.1, 0.15) is 15.9 Å². The van der Waals surface area contributed by atoms with Crippen molar-refractivity contribution in [1.82, 2.24) is 5.43 Å². The van der Waals surface area contributed by atoms with Crippen LogP contribution < -0.4 is 10.2 Å². The number of amides is 1. The van der Waals surface area contributed by atoms with Crippen molar-refractivity contribution in [2.24, 2.45) is 5.10 Å². The molecule has 4 nitrogen and oxygen atoms in total. The Balaban J connectivity index is 2.02. The van der Waals surface area contributed by atoms with E-state index in [2.05, 4.69) is 32.4 Å². The first-order chi connectivity index (χ1) is 10.7. The number of ether oxygens (including phenoxy) is 1. The van der Waals surface area contributed by atoms with Crippen LogP contribution in [-0.4, -0.2) is 18.7 Å². The Morgan fingerprint density at radius 2 is 2.00 bits per heavy atom. The summed E-state index contributed by atoms with van der Waals surface area (Å²) in [5.74, 6) is 2.73. The average Bonchev–Trinajstić information content (AvgIpc) is 2.54. The monoisotopic (exact) mass is 356 g/mol. The van der Waals surface area contributed by atoms with Crippen LogP contribution in [0.25, 0.3) is 0 Å². The Kier molecular flexibility index (Phi) is 5.75. The van der Waals surface area contributed by atoms with Crippen molar-refractivity contribution in [2.45, 2.75) is 0 Å². The number of carbonyl (C=O) groups is 1. The molecule has 0 heterocycles. The Morgan fingerprint density at radius 1 is 1.27 bits per heavy atom. The van der Waals surface area contributed by atoms with Gasteiger partial charge in [0, 0.05) is 15.6 Å². The molecular formula is C17H13BrN2O2. The van der Waals surface area contributed by atoms with Crippen molar-refractivity contribution >= 4 is 28.1 Å². The van der Waals surface area contributed by atoms with Crippen LogP contribution in [0.5, 0.6) is 5.75 Å². The summed E-state index contributed by atoms with van der Waals surface area (Å²) in [4.78, 5) is 11.9. The highest BCUT2D eigenvalue weighted by Gasteiger charge is 2.04. The number of halogens is 1. The Morgan fingerprint density at radius 3 is 2.73 bits per heavy atom. The summed E-state index contributed by atoms with van der Waals surface area (Å²) in [6.45, 7) is 0.177. The standard InChI is InChI=1S/C17H13BrN2O2/c1-2-11-22-16-6-4-3-5-14(16)12-19-20-17(21)13-7-9-15(18)10-8-13/h1,3-10,12H,11H2,(H,20,21)/b19-12-. The van der Waals surface area contributed by atoms with Crippen LogP contribution in [0.2, 0.25) is 0 Å². The van der Waals surface area contributed by atoms with Gasteiger partial charge in [0.15, 0.2) is 0 Å². The number of carbonyl (C=O) groups excluding carboxylic acids is 1. The minimum absolute atomic E-state index is 0.177. The van der Waals surface area contributed by atoms with Gasteiger partial charge in [-0.3, -0.25) is 4.79 Å². The SMILES string of the molecule is C#CCOc1ccccc1/C=N\NC(=O)c1ccc(Br)cc1. The molecule has 0 fully saturated rings. The van der Waals surface area contributed by atoms with Gasteiger partial charge in [-0.25, -0.2) is 5.43 Å². The first kappa shape index (κ1) is 15.8. The van der Waals surface area contributed by atoms with Crippen LogP contribution in [0.4, 0.5) is 0 Å².